The fraction of sp³-hybridized carbons (Fsp3) is 0.600. The van der Waals surface area contributed by atoms with Crippen molar-refractivity contribution in [2.45, 2.75) is 0 Å². The minimum absolute atomic E-state index is 0.0955. The van der Waals surface area contributed by atoms with Crippen molar-refractivity contribution >= 4 is 30.8 Å². The molecule has 6 heteroatoms. The van der Waals surface area contributed by atoms with Crippen LogP contribution in [0.15, 0.2) is 10.8 Å². The van der Waals surface area contributed by atoms with Crippen LogP contribution >= 0.6 is 30.8 Å². The molecule has 0 aliphatic rings. The second-order valence-electron chi connectivity index (χ2n) is 1.61. The first-order valence-electron chi connectivity index (χ1n) is 2.72. The fourth-order valence-corrected chi connectivity index (χ4v) is 1.72. The maximum absolute atomic E-state index is 11.3. The summed E-state index contributed by atoms with van der Waals surface area (Å²) in [5.41, 5.74) is 0. The van der Waals surface area contributed by atoms with Gasteiger partial charge in [0.25, 0.3) is 0 Å². The highest BCUT2D eigenvalue weighted by molar-refractivity contribution is 7.57. The van der Waals surface area contributed by atoms with Crippen LogP contribution in [0.2, 0.25) is 0 Å². The second-order valence-corrected chi connectivity index (χ2v) is 4.44. The summed E-state index contributed by atoms with van der Waals surface area (Å²) >= 11 is 10.8. The first kappa shape index (κ1) is 11.5. The predicted octanol–water partition coefficient (Wildman–Crippen LogP) is 2.79. The molecule has 0 aliphatic heterocycles. The highest BCUT2D eigenvalue weighted by atomic mass is 35.5. The summed E-state index contributed by atoms with van der Waals surface area (Å²) in [4.78, 5) is 0. The molecule has 0 spiro atoms. The Hall–Kier alpha value is 0.470. The van der Waals surface area contributed by atoms with E-state index in [4.69, 9.17) is 23.2 Å². The van der Waals surface area contributed by atoms with Crippen molar-refractivity contribution in [3.8, 4) is 0 Å². The lowest BCUT2D eigenvalue weighted by atomic mass is 10.7. The van der Waals surface area contributed by atoms with Crippen LogP contribution in [0, 0.1) is 0 Å². The van der Waals surface area contributed by atoms with Crippen molar-refractivity contribution in [3.63, 3.8) is 0 Å². The summed E-state index contributed by atoms with van der Waals surface area (Å²) in [7, 11) is -0.578. The van der Waals surface area contributed by atoms with Crippen molar-refractivity contribution in [1.29, 1.82) is 0 Å². The van der Waals surface area contributed by atoms with Gasteiger partial charge in [-0.25, -0.2) is 0 Å². The van der Waals surface area contributed by atoms with E-state index in [0.29, 0.717) is 0 Å². The lowest BCUT2D eigenvalue weighted by molar-refractivity contribution is 0.286. The summed E-state index contributed by atoms with van der Waals surface area (Å²) < 4.78 is 20.4. The third-order valence-electron chi connectivity index (χ3n) is 0.935. The second kappa shape index (κ2) is 5.18. The minimum atomic E-state index is -3.13. The molecule has 0 heterocycles. The molecule has 0 bridgehead atoms. The van der Waals surface area contributed by atoms with Crippen LogP contribution in [0.1, 0.15) is 0 Å². The standard InChI is InChI=1S/C5H9Cl2O3P/c1-9-11(8,10-2)4-5(7)3-6/h4H,3H2,1-2H3/b5-4+. The molecule has 0 aromatic heterocycles. The van der Waals surface area contributed by atoms with Crippen LogP contribution in [0.4, 0.5) is 0 Å². The zero-order chi connectivity index (χ0) is 8.91. The van der Waals surface area contributed by atoms with E-state index in [1.165, 1.54) is 20.0 Å². The van der Waals surface area contributed by atoms with Gasteiger partial charge in [-0.2, -0.15) is 0 Å². The van der Waals surface area contributed by atoms with Gasteiger partial charge >= 0.3 is 7.60 Å². The van der Waals surface area contributed by atoms with Crippen molar-refractivity contribution in [2.24, 2.45) is 0 Å². The Labute approximate surface area is 75.8 Å². The van der Waals surface area contributed by atoms with Crippen LogP contribution in [-0.2, 0) is 13.6 Å². The maximum atomic E-state index is 11.3. The molecule has 0 fully saturated rings. The van der Waals surface area contributed by atoms with Gasteiger partial charge < -0.3 is 9.05 Å². The van der Waals surface area contributed by atoms with Crippen LogP contribution in [0.3, 0.4) is 0 Å². The molecule has 0 aromatic carbocycles. The van der Waals surface area contributed by atoms with E-state index in [2.05, 4.69) is 9.05 Å². The van der Waals surface area contributed by atoms with E-state index in [9.17, 15) is 4.57 Å². The van der Waals surface area contributed by atoms with E-state index in [1.807, 2.05) is 0 Å². The van der Waals surface area contributed by atoms with Crippen LogP contribution in [-0.4, -0.2) is 20.1 Å². The Balaban J connectivity index is 4.42. The first-order chi connectivity index (χ1) is 5.08. The number of hydrogen-bond donors (Lipinski definition) is 0. The molecule has 0 unspecified atom stereocenters. The average molecular weight is 219 g/mol. The normalized spacial score (nSPS) is 13.6. The topological polar surface area (TPSA) is 35.5 Å². The molecule has 66 valence electrons. The molecule has 0 radical (unpaired) electrons. The monoisotopic (exact) mass is 218 g/mol. The SMILES string of the molecule is COP(=O)(/C=C(/Cl)CCl)OC. The van der Waals surface area contributed by atoms with Crippen LogP contribution in [0.5, 0.6) is 0 Å². The van der Waals surface area contributed by atoms with Gasteiger partial charge in [-0.3, -0.25) is 4.57 Å². The molecule has 0 saturated carbocycles. The molecule has 0 amide bonds. The largest absolute Gasteiger partial charge is 0.354 e. The van der Waals surface area contributed by atoms with Gasteiger partial charge in [0.1, 0.15) is 0 Å². The van der Waals surface area contributed by atoms with Crippen molar-refractivity contribution in [2.75, 3.05) is 20.1 Å². The molecule has 0 N–H and O–H groups in total. The molecule has 3 nitrogen and oxygen atoms in total. The smallest absolute Gasteiger partial charge is 0.309 e. The lowest BCUT2D eigenvalue weighted by Gasteiger charge is -2.08. The highest BCUT2D eigenvalue weighted by Gasteiger charge is 2.17. The summed E-state index contributed by atoms with van der Waals surface area (Å²) in [5, 5.41) is 0.249. The third kappa shape index (κ3) is 4.14. The summed E-state index contributed by atoms with van der Waals surface area (Å²) in [6, 6.07) is 0. The van der Waals surface area contributed by atoms with Crippen molar-refractivity contribution in [3.05, 3.63) is 10.8 Å². The lowest BCUT2D eigenvalue weighted by Crippen LogP contribution is -1.85. The zero-order valence-electron chi connectivity index (χ0n) is 6.21. The maximum Gasteiger partial charge on any atom is 0.354 e. The van der Waals surface area contributed by atoms with Gasteiger partial charge in [-0.1, -0.05) is 11.6 Å². The third-order valence-corrected chi connectivity index (χ3v) is 3.40. The Morgan fingerprint density at radius 2 is 2.00 bits per heavy atom. The minimum Gasteiger partial charge on any atom is -0.309 e. The predicted molar refractivity (Wildman–Crippen MR) is 46.3 cm³/mol. The molecule has 11 heavy (non-hydrogen) atoms. The number of rotatable bonds is 4. The van der Waals surface area contributed by atoms with Crippen molar-refractivity contribution < 1.29 is 13.6 Å². The number of alkyl halides is 1. The van der Waals surface area contributed by atoms with Gasteiger partial charge in [0.15, 0.2) is 0 Å². The molecular weight excluding hydrogens is 210 g/mol. The Kier molecular flexibility index (Phi) is 5.40. The van der Waals surface area contributed by atoms with E-state index in [0.717, 1.165) is 0 Å². The molecule has 0 rings (SSSR count). The Bertz CT molecular complexity index is 184. The molecule has 0 aromatic rings. The Morgan fingerprint density at radius 1 is 1.55 bits per heavy atom. The zero-order valence-corrected chi connectivity index (χ0v) is 8.62. The average Bonchev–Trinajstić information content (AvgIpc) is 2.04. The van der Waals surface area contributed by atoms with Crippen LogP contribution < -0.4 is 0 Å². The number of hydrogen-bond acceptors (Lipinski definition) is 3. The molecule has 0 atom stereocenters. The van der Waals surface area contributed by atoms with E-state index in [-0.39, 0.29) is 10.9 Å². The highest BCUT2D eigenvalue weighted by Crippen LogP contribution is 2.49. The molecule has 0 aliphatic carbocycles. The van der Waals surface area contributed by atoms with E-state index >= 15 is 0 Å². The Morgan fingerprint density at radius 3 is 2.27 bits per heavy atom. The van der Waals surface area contributed by atoms with Gasteiger partial charge in [0, 0.05) is 25.1 Å². The van der Waals surface area contributed by atoms with E-state index in [1.54, 1.807) is 0 Å². The molecule has 0 saturated heterocycles. The summed E-state index contributed by atoms with van der Waals surface area (Å²) in [5.74, 6) is 1.28. The van der Waals surface area contributed by atoms with Gasteiger partial charge in [-0.05, 0) is 0 Å². The fourth-order valence-electron chi connectivity index (χ4n) is 0.386. The number of allylic oxidation sites excluding steroid dienone is 1. The van der Waals surface area contributed by atoms with Crippen molar-refractivity contribution in [1.82, 2.24) is 0 Å². The summed E-state index contributed by atoms with van der Waals surface area (Å²) in [6.45, 7) is 0. The molecular formula is C5H9Cl2O3P. The van der Waals surface area contributed by atoms with Gasteiger partial charge in [-0.15, -0.1) is 11.6 Å². The summed E-state index contributed by atoms with van der Waals surface area (Å²) in [6.07, 6.45) is 0. The van der Waals surface area contributed by atoms with E-state index < -0.39 is 7.60 Å². The first-order valence-corrected chi connectivity index (χ1v) is 5.25. The number of halogens is 2. The van der Waals surface area contributed by atoms with Crippen LogP contribution in [0.25, 0.3) is 0 Å². The van der Waals surface area contributed by atoms with Gasteiger partial charge in [0.2, 0.25) is 0 Å². The quantitative estimate of drug-likeness (QED) is 0.538. The van der Waals surface area contributed by atoms with Gasteiger partial charge in [0.05, 0.1) is 5.88 Å².